The Kier molecular flexibility index (Phi) is 2.83. The minimum atomic E-state index is 0.718. The second-order valence-electron chi connectivity index (χ2n) is 2.90. The maximum Gasteiger partial charge on any atom is 0.131 e. The van der Waals surface area contributed by atoms with Crippen molar-refractivity contribution in [3.05, 3.63) is 48.8 Å². The van der Waals surface area contributed by atoms with E-state index in [2.05, 4.69) is 11.2 Å². The minimum Gasteiger partial charge on any atom is -0.497 e. The molecule has 3 nitrogen and oxygen atoms in total. The molecule has 0 fully saturated rings. The summed E-state index contributed by atoms with van der Waals surface area (Å²) in [5.41, 5.74) is 0. The van der Waals surface area contributed by atoms with Gasteiger partial charge in [0, 0.05) is 12.3 Å². The molecule has 1 heterocycles. The Hall–Kier alpha value is -2.03. The first-order valence-electron chi connectivity index (χ1n) is 4.52. The number of hydrogen-bond donors (Lipinski definition) is 0. The largest absolute Gasteiger partial charge is 0.497 e. The molecule has 2 rings (SSSR count). The molecule has 1 aromatic heterocycles. The van der Waals surface area contributed by atoms with E-state index in [1.807, 2.05) is 24.3 Å². The zero-order chi connectivity index (χ0) is 10.5. The van der Waals surface area contributed by atoms with Crippen molar-refractivity contribution in [3.8, 4) is 17.2 Å². The predicted molar refractivity (Wildman–Crippen MR) is 56.1 cm³/mol. The summed E-state index contributed by atoms with van der Waals surface area (Å²) in [5, 5.41) is 0. The van der Waals surface area contributed by atoms with Crippen molar-refractivity contribution in [1.29, 1.82) is 0 Å². The maximum atomic E-state index is 5.55. The highest BCUT2D eigenvalue weighted by Crippen LogP contribution is 2.22. The van der Waals surface area contributed by atoms with Crippen molar-refractivity contribution in [1.82, 2.24) is 4.98 Å². The molecule has 75 valence electrons. The van der Waals surface area contributed by atoms with Crippen LogP contribution >= 0.6 is 0 Å². The van der Waals surface area contributed by atoms with Crippen LogP contribution in [0.15, 0.2) is 42.6 Å². The first-order chi connectivity index (χ1) is 7.38. The fourth-order valence-electron chi connectivity index (χ4n) is 1.15. The van der Waals surface area contributed by atoms with Crippen LogP contribution in [0.25, 0.3) is 0 Å². The number of pyridine rings is 1. The van der Waals surface area contributed by atoms with Gasteiger partial charge in [-0.25, -0.2) is 0 Å². The first-order valence-corrected chi connectivity index (χ1v) is 4.52. The molecule has 0 aliphatic rings. The second-order valence-corrected chi connectivity index (χ2v) is 2.90. The molecule has 1 radical (unpaired) electrons. The quantitative estimate of drug-likeness (QED) is 0.763. The summed E-state index contributed by atoms with van der Waals surface area (Å²) in [4.78, 5) is 3.79. The number of benzene rings is 1. The van der Waals surface area contributed by atoms with Gasteiger partial charge in [0.1, 0.15) is 17.2 Å². The van der Waals surface area contributed by atoms with Gasteiger partial charge in [-0.1, -0.05) is 0 Å². The molecule has 0 N–H and O–H groups in total. The molecule has 2 aromatic rings. The lowest BCUT2D eigenvalue weighted by atomic mass is 10.3. The summed E-state index contributed by atoms with van der Waals surface area (Å²) in [6.45, 7) is 0. The molecule has 0 aliphatic heterocycles. The second kappa shape index (κ2) is 4.46. The number of hydrogen-bond acceptors (Lipinski definition) is 3. The fourth-order valence-corrected chi connectivity index (χ4v) is 1.15. The van der Waals surface area contributed by atoms with E-state index in [1.54, 1.807) is 25.4 Å². The Morgan fingerprint density at radius 2 is 1.73 bits per heavy atom. The van der Waals surface area contributed by atoms with Crippen LogP contribution in [0, 0.1) is 6.20 Å². The number of nitrogens with zero attached hydrogens (tertiary/aromatic N) is 1. The standard InChI is InChI=1S/C12H10NO2/c1-14-10-2-4-11(5-3-10)15-12-6-8-13-9-7-12/h2-8H,1H3. The molecule has 3 heteroatoms. The molecule has 1 aromatic carbocycles. The Morgan fingerprint density at radius 1 is 1.00 bits per heavy atom. The average molecular weight is 200 g/mol. The van der Waals surface area contributed by atoms with E-state index in [4.69, 9.17) is 9.47 Å². The Morgan fingerprint density at radius 3 is 2.33 bits per heavy atom. The molecule has 0 aliphatic carbocycles. The third kappa shape index (κ3) is 2.47. The normalized spacial score (nSPS) is 9.67. The zero-order valence-electron chi connectivity index (χ0n) is 8.31. The third-order valence-electron chi connectivity index (χ3n) is 1.89. The van der Waals surface area contributed by atoms with E-state index in [-0.39, 0.29) is 0 Å². The number of rotatable bonds is 3. The van der Waals surface area contributed by atoms with Gasteiger partial charge in [0.2, 0.25) is 0 Å². The molecular formula is C12H10NO2. The van der Waals surface area contributed by atoms with Gasteiger partial charge in [-0.2, -0.15) is 0 Å². The van der Waals surface area contributed by atoms with E-state index in [1.165, 1.54) is 0 Å². The van der Waals surface area contributed by atoms with Crippen molar-refractivity contribution >= 4 is 0 Å². The van der Waals surface area contributed by atoms with Gasteiger partial charge in [-0.3, -0.25) is 4.98 Å². The predicted octanol–water partition coefficient (Wildman–Crippen LogP) is 2.68. The summed E-state index contributed by atoms with van der Waals surface area (Å²) in [6, 6.07) is 10.9. The summed E-state index contributed by atoms with van der Waals surface area (Å²) in [6.07, 6.45) is 4.34. The van der Waals surface area contributed by atoms with Crippen molar-refractivity contribution in [2.45, 2.75) is 0 Å². The van der Waals surface area contributed by atoms with E-state index in [0.29, 0.717) is 0 Å². The Labute approximate surface area is 88.3 Å². The molecule has 15 heavy (non-hydrogen) atoms. The van der Waals surface area contributed by atoms with Gasteiger partial charge in [0.05, 0.1) is 13.3 Å². The summed E-state index contributed by atoms with van der Waals surface area (Å²) in [5.74, 6) is 2.29. The number of ether oxygens (including phenoxy) is 2. The molecule has 0 amide bonds. The smallest absolute Gasteiger partial charge is 0.131 e. The van der Waals surface area contributed by atoms with E-state index >= 15 is 0 Å². The van der Waals surface area contributed by atoms with Crippen LogP contribution < -0.4 is 9.47 Å². The van der Waals surface area contributed by atoms with Crippen molar-refractivity contribution in [2.24, 2.45) is 0 Å². The van der Waals surface area contributed by atoms with Gasteiger partial charge >= 0.3 is 0 Å². The molecule has 0 bridgehead atoms. The highest BCUT2D eigenvalue weighted by molar-refractivity contribution is 5.34. The van der Waals surface area contributed by atoms with Crippen LogP contribution in [0.3, 0.4) is 0 Å². The Bertz CT molecular complexity index is 411. The van der Waals surface area contributed by atoms with Crippen molar-refractivity contribution in [2.75, 3.05) is 7.11 Å². The maximum absolute atomic E-state index is 5.55. The van der Waals surface area contributed by atoms with Crippen LogP contribution in [0.4, 0.5) is 0 Å². The summed E-state index contributed by atoms with van der Waals surface area (Å²) >= 11 is 0. The van der Waals surface area contributed by atoms with E-state index in [9.17, 15) is 0 Å². The van der Waals surface area contributed by atoms with Crippen LogP contribution in [-0.2, 0) is 0 Å². The third-order valence-corrected chi connectivity index (χ3v) is 1.89. The van der Waals surface area contributed by atoms with Crippen LogP contribution in [0.1, 0.15) is 0 Å². The molecular weight excluding hydrogens is 190 g/mol. The first kappa shape index (κ1) is 9.52. The lowest BCUT2D eigenvalue weighted by molar-refractivity contribution is 0.413. The summed E-state index contributed by atoms with van der Waals surface area (Å²) in [7, 11) is 1.63. The number of aromatic nitrogens is 1. The van der Waals surface area contributed by atoms with Gasteiger partial charge in [0.25, 0.3) is 0 Å². The number of methoxy groups -OCH3 is 1. The molecule has 0 saturated carbocycles. The van der Waals surface area contributed by atoms with Gasteiger partial charge in [-0.15, -0.1) is 0 Å². The topological polar surface area (TPSA) is 31.4 Å². The molecule has 0 unspecified atom stereocenters. The molecule has 0 spiro atoms. The van der Waals surface area contributed by atoms with Crippen LogP contribution in [0.2, 0.25) is 0 Å². The zero-order valence-corrected chi connectivity index (χ0v) is 8.31. The van der Waals surface area contributed by atoms with Gasteiger partial charge in [-0.05, 0) is 30.3 Å². The lowest BCUT2D eigenvalue weighted by Gasteiger charge is -2.05. The fraction of sp³-hybridized carbons (Fsp3) is 0.0833. The highest BCUT2D eigenvalue weighted by Gasteiger charge is 1.96. The summed E-state index contributed by atoms with van der Waals surface area (Å²) < 4.78 is 10.6. The van der Waals surface area contributed by atoms with Crippen LogP contribution in [-0.4, -0.2) is 12.1 Å². The SMILES string of the molecule is COc1ccc(Oc2c[c]ncc2)cc1. The van der Waals surface area contributed by atoms with Crippen LogP contribution in [0.5, 0.6) is 17.2 Å². The Balaban J connectivity index is 2.11. The van der Waals surface area contributed by atoms with E-state index in [0.717, 1.165) is 17.2 Å². The van der Waals surface area contributed by atoms with E-state index < -0.39 is 0 Å². The lowest BCUT2D eigenvalue weighted by Crippen LogP contribution is -1.85. The monoisotopic (exact) mass is 200 g/mol. The van der Waals surface area contributed by atoms with Gasteiger partial charge in [0.15, 0.2) is 0 Å². The average Bonchev–Trinajstić information content (AvgIpc) is 2.31. The highest BCUT2D eigenvalue weighted by atomic mass is 16.5. The van der Waals surface area contributed by atoms with Crippen molar-refractivity contribution < 1.29 is 9.47 Å². The minimum absolute atomic E-state index is 0.718. The molecule has 0 saturated heterocycles. The molecule has 0 atom stereocenters. The van der Waals surface area contributed by atoms with Crippen molar-refractivity contribution in [3.63, 3.8) is 0 Å². The van der Waals surface area contributed by atoms with Gasteiger partial charge < -0.3 is 9.47 Å².